The first-order chi connectivity index (χ1) is 12.8. The molecule has 2 rings (SSSR count). The minimum atomic E-state index is -3.48. The molecule has 0 radical (unpaired) electrons. The van der Waals surface area contributed by atoms with Crippen molar-refractivity contribution in [3.8, 4) is 5.75 Å². The van der Waals surface area contributed by atoms with Gasteiger partial charge in [-0.05, 0) is 48.0 Å². The van der Waals surface area contributed by atoms with E-state index in [2.05, 4.69) is 0 Å². The smallest absolute Gasteiger partial charge is 0.330 e. The summed E-state index contributed by atoms with van der Waals surface area (Å²) in [5, 5.41) is 0. The van der Waals surface area contributed by atoms with Gasteiger partial charge in [0.15, 0.2) is 0 Å². The molecule has 2 aromatic rings. The number of hydrogen-bond acceptors (Lipinski definition) is 5. The number of hydrogen-bond donors (Lipinski definition) is 0. The Bertz CT molecular complexity index is 891. The van der Waals surface area contributed by atoms with E-state index in [1.54, 1.807) is 12.1 Å². The van der Waals surface area contributed by atoms with Gasteiger partial charge in [-0.1, -0.05) is 12.1 Å². The van der Waals surface area contributed by atoms with Gasteiger partial charge < -0.3 is 9.47 Å². The second kappa shape index (κ2) is 9.29. The van der Waals surface area contributed by atoms with E-state index in [0.29, 0.717) is 11.3 Å². The Hall–Kier alpha value is -2.71. The number of esters is 1. The lowest BCUT2D eigenvalue weighted by molar-refractivity contribution is -0.138. The van der Waals surface area contributed by atoms with Gasteiger partial charge in [-0.25, -0.2) is 21.9 Å². The highest BCUT2D eigenvalue weighted by atomic mass is 32.2. The van der Waals surface area contributed by atoms with Crippen LogP contribution in [-0.2, 0) is 19.6 Å². The molecule has 0 heterocycles. The molecule has 0 amide bonds. The van der Waals surface area contributed by atoms with Crippen LogP contribution in [0.1, 0.15) is 5.56 Å². The molecule has 0 N–H and O–H groups in total. The zero-order chi connectivity index (χ0) is 19.9. The monoisotopic (exact) mass is 393 g/mol. The maximum Gasteiger partial charge on any atom is 0.330 e. The molecular weight excluding hydrogens is 373 g/mol. The number of benzene rings is 2. The molecular formula is C19H20FNO5S. The Kier molecular flexibility index (Phi) is 7.09. The SMILES string of the molecule is CN(C)S(=O)(=O)c1ccc(OCCOC(=O)/C=C/c2ccc(F)cc2)cc1. The predicted molar refractivity (Wildman–Crippen MR) is 99.2 cm³/mol. The zero-order valence-corrected chi connectivity index (χ0v) is 15.8. The molecule has 0 bridgehead atoms. The molecule has 0 saturated heterocycles. The Balaban J connectivity index is 1.76. The molecule has 144 valence electrons. The van der Waals surface area contributed by atoms with E-state index in [4.69, 9.17) is 9.47 Å². The molecule has 0 aliphatic rings. The third kappa shape index (κ3) is 6.19. The van der Waals surface area contributed by atoms with Crippen molar-refractivity contribution in [3.05, 3.63) is 66.0 Å². The van der Waals surface area contributed by atoms with E-state index in [1.807, 2.05) is 0 Å². The maximum absolute atomic E-state index is 12.8. The van der Waals surface area contributed by atoms with Crippen molar-refractivity contribution in [1.82, 2.24) is 4.31 Å². The van der Waals surface area contributed by atoms with Crippen LogP contribution in [0.4, 0.5) is 4.39 Å². The highest BCUT2D eigenvalue weighted by Gasteiger charge is 2.16. The molecule has 6 nitrogen and oxygen atoms in total. The van der Waals surface area contributed by atoms with Gasteiger partial charge in [-0.15, -0.1) is 0 Å². The Morgan fingerprint density at radius 3 is 2.26 bits per heavy atom. The van der Waals surface area contributed by atoms with Crippen LogP contribution in [0.15, 0.2) is 59.5 Å². The molecule has 0 spiro atoms. The largest absolute Gasteiger partial charge is 0.490 e. The molecule has 0 aromatic heterocycles. The van der Waals surface area contributed by atoms with Crippen molar-refractivity contribution in [1.29, 1.82) is 0 Å². The molecule has 8 heteroatoms. The molecule has 0 aliphatic heterocycles. The summed E-state index contributed by atoms with van der Waals surface area (Å²) in [5.74, 6) is -0.430. The number of nitrogens with zero attached hydrogens (tertiary/aromatic N) is 1. The van der Waals surface area contributed by atoms with Crippen molar-refractivity contribution in [2.24, 2.45) is 0 Å². The molecule has 2 aromatic carbocycles. The zero-order valence-electron chi connectivity index (χ0n) is 15.0. The normalized spacial score (nSPS) is 11.7. The Morgan fingerprint density at radius 2 is 1.67 bits per heavy atom. The number of sulfonamides is 1. The summed E-state index contributed by atoms with van der Waals surface area (Å²) in [6.45, 7) is 0.153. The topological polar surface area (TPSA) is 72.9 Å². The average molecular weight is 393 g/mol. The van der Waals surface area contributed by atoms with E-state index in [9.17, 15) is 17.6 Å². The van der Waals surface area contributed by atoms with E-state index in [1.165, 1.54) is 62.6 Å². The Morgan fingerprint density at radius 1 is 1.04 bits per heavy atom. The first-order valence-electron chi connectivity index (χ1n) is 8.05. The maximum atomic E-state index is 12.8. The van der Waals surface area contributed by atoms with Crippen LogP contribution in [0.25, 0.3) is 6.08 Å². The first-order valence-corrected chi connectivity index (χ1v) is 9.49. The second-order valence-corrected chi connectivity index (χ2v) is 7.81. The standard InChI is InChI=1S/C19H20FNO5S/c1-21(2)27(23,24)18-10-8-17(9-11-18)25-13-14-26-19(22)12-5-15-3-6-16(20)7-4-15/h3-12H,13-14H2,1-2H3/b12-5+. The molecule has 0 saturated carbocycles. The molecule has 27 heavy (non-hydrogen) atoms. The minimum absolute atomic E-state index is 0.0321. The summed E-state index contributed by atoms with van der Waals surface area (Å²) in [7, 11) is -0.568. The lowest BCUT2D eigenvalue weighted by atomic mass is 10.2. The van der Waals surface area contributed by atoms with Crippen LogP contribution >= 0.6 is 0 Å². The molecule has 0 aliphatic carbocycles. The summed E-state index contributed by atoms with van der Waals surface area (Å²) >= 11 is 0. The fourth-order valence-electron chi connectivity index (χ4n) is 2.01. The van der Waals surface area contributed by atoms with Gasteiger partial charge in [0.05, 0.1) is 4.90 Å². The van der Waals surface area contributed by atoms with Crippen molar-refractivity contribution < 1.29 is 27.1 Å². The Labute approximate surface area is 157 Å². The van der Waals surface area contributed by atoms with E-state index in [0.717, 1.165) is 4.31 Å². The summed E-state index contributed by atoms with van der Waals surface area (Å²) in [6.07, 6.45) is 2.76. The van der Waals surface area contributed by atoms with Gasteiger partial charge in [0.2, 0.25) is 10.0 Å². The van der Waals surface area contributed by atoms with E-state index < -0.39 is 16.0 Å². The van der Waals surface area contributed by atoms with Crippen LogP contribution in [0.3, 0.4) is 0 Å². The quantitative estimate of drug-likeness (QED) is 0.392. The fourth-order valence-corrected chi connectivity index (χ4v) is 2.91. The molecule has 0 unspecified atom stereocenters. The highest BCUT2D eigenvalue weighted by molar-refractivity contribution is 7.89. The summed E-state index contributed by atoms with van der Waals surface area (Å²) in [6, 6.07) is 11.6. The van der Waals surface area contributed by atoms with Gasteiger partial charge in [-0.2, -0.15) is 0 Å². The lowest BCUT2D eigenvalue weighted by Crippen LogP contribution is -2.22. The number of ether oxygens (including phenoxy) is 2. The minimum Gasteiger partial charge on any atom is -0.490 e. The summed E-state index contributed by atoms with van der Waals surface area (Å²) in [5.41, 5.74) is 0.678. The van der Waals surface area contributed by atoms with Crippen LogP contribution in [0.2, 0.25) is 0 Å². The third-order valence-electron chi connectivity index (χ3n) is 3.48. The summed E-state index contributed by atoms with van der Waals surface area (Å²) in [4.78, 5) is 11.8. The third-order valence-corrected chi connectivity index (χ3v) is 5.31. The van der Waals surface area contributed by atoms with Crippen molar-refractivity contribution in [2.75, 3.05) is 27.3 Å². The van der Waals surface area contributed by atoms with Crippen LogP contribution < -0.4 is 4.74 Å². The lowest BCUT2D eigenvalue weighted by Gasteiger charge is -2.12. The average Bonchev–Trinajstić information content (AvgIpc) is 2.65. The van der Waals surface area contributed by atoms with Gasteiger partial charge in [0, 0.05) is 20.2 Å². The van der Waals surface area contributed by atoms with Gasteiger partial charge in [0.1, 0.15) is 24.8 Å². The van der Waals surface area contributed by atoms with Crippen molar-refractivity contribution in [2.45, 2.75) is 4.90 Å². The molecule has 0 fully saturated rings. The number of carbonyl (C=O) groups is 1. The molecule has 0 atom stereocenters. The number of carbonyl (C=O) groups excluding carboxylic acids is 1. The predicted octanol–water partition coefficient (Wildman–Crippen LogP) is 2.71. The van der Waals surface area contributed by atoms with Gasteiger partial charge in [-0.3, -0.25) is 0 Å². The van der Waals surface area contributed by atoms with Gasteiger partial charge in [0.25, 0.3) is 0 Å². The van der Waals surface area contributed by atoms with Crippen LogP contribution in [0, 0.1) is 5.82 Å². The summed E-state index contributed by atoms with van der Waals surface area (Å²) < 4.78 is 48.2. The number of rotatable bonds is 8. The van der Waals surface area contributed by atoms with E-state index in [-0.39, 0.29) is 23.9 Å². The first kappa shape index (κ1) is 20.6. The van der Waals surface area contributed by atoms with E-state index >= 15 is 0 Å². The van der Waals surface area contributed by atoms with Gasteiger partial charge >= 0.3 is 5.97 Å². The van der Waals surface area contributed by atoms with Crippen LogP contribution in [0.5, 0.6) is 5.75 Å². The second-order valence-electron chi connectivity index (χ2n) is 5.66. The number of halogens is 1. The van der Waals surface area contributed by atoms with Crippen molar-refractivity contribution in [3.63, 3.8) is 0 Å². The van der Waals surface area contributed by atoms with Crippen LogP contribution in [-0.4, -0.2) is 46.0 Å². The highest BCUT2D eigenvalue weighted by Crippen LogP contribution is 2.18. The fraction of sp³-hybridized carbons (Fsp3) is 0.211. The van der Waals surface area contributed by atoms with Crippen molar-refractivity contribution >= 4 is 22.1 Å².